The van der Waals surface area contributed by atoms with E-state index in [1.807, 2.05) is 24.3 Å². The molecule has 0 aliphatic rings. The van der Waals surface area contributed by atoms with Crippen molar-refractivity contribution in [2.45, 2.75) is 13.3 Å². The topological polar surface area (TPSA) is 61.5 Å². The van der Waals surface area contributed by atoms with E-state index in [4.69, 9.17) is 15.2 Å². The summed E-state index contributed by atoms with van der Waals surface area (Å²) in [6, 6.07) is 7.38. The minimum absolute atomic E-state index is 0.224. The first-order valence-electron chi connectivity index (χ1n) is 5.33. The van der Waals surface area contributed by atoms with Crippen LogP contribution in [-0.4, -0.2) is 25.7 Å². The van der Waals surface area contributed by atoms with E-state index in [1.54, 1.807) is 6.92 Å². The molecule has 0 saturated carbocycles. The average molecular weight is 223 g/mol. The smallest absolute Gasteiger partial charge is 0.310 e. The Balaban J connectivity index is 2.56. The van der Waals surface area contributed by atoms with Gasteiger partial charge in [-0.1, -0.05) is 12.1 Å². The van der Waals surface area contributed by atoms with E-state index in [-0.39, 0.29) is 12.4 Å². The Morgan fingerprint density at radius 2 is 2.25 bits per heavy atom. The first kappa shape index (κ1) is 12.5. The van der Waals surface area contributed by atoms with Crippen LogP contribution in [0.1, 0.15) is 12.5 Å². The molecule has 0 fully saturated rings. The molecular weight excluding hydrogens is 206 g/mol. The molecule has 4 heteroatoms. The van der Waals surface area contributed by atoms with Gasteiger partial charge in [0, 0.05) is 6.54 Å². The second-order valence-electron chi connectivity index (χ2n) is 3.27. The molecule has 0 unspecified atom stereocenters. The highest BCUT2D eigenvalue weighted by Crippen LogP contribution is 2.13. The molecule has 16 heavy (non-hydrogen) atoms. The van der Waals surface area contributed by atoms with Crippen molar-refractivity contribution < 1.29 is 14.3 Å². The largest absolute Gasteiger partial charge is 0.492 e. The van der Waals surface area contributed by atoms with Crippen LogP contribution in [0, 0.1) is 0 Å². The number of benzene rings is 1. The van der Waals surface area contributed by atoms with Gasteiger partial charge in [0.2, 0.25) is 0 Å². The van der Waals surface area contributed by atoms with Gasteiger partial charge in [-0.2, -0.15) is 0 Å². The molecule has 1 rings (SSSR count). The van der Waals surface area contributed by atoms with Gasteiger partial charge in [-0.3, -0.25) is 4.79 Å². The molecule has 1 aromatic carbocycles. The zero-order valence-corrected chi connectivity index (χ0v) is 9.44. The van der Waals surface area contributed by atoms with Gasteiger partial charge in [-0.05, 0) is 24.6 Å². The van der Waals surface area contributed by atoms with Crippen molar-refractivity contribution in [1.82, 2.24) is 0 Å². The van der Waals surface area contributed by atoms with Crippen molar-refractivity contribution in [3.05, 3.63) is 29.8 Å². The molecule has 0 atom stereocenters. The lowest BCUT2D eigenvalue weighted by Crippen LogP contribution is -2.11. The maximum atomic E-state index is 11.3. The van der Waals surface area contributed by atoms with Gasteiger partial charge < -0.3 is 15.2 Å². The van der Waals surface area contributed by atoms with Crippen LogP contribution < -0.4 is 10.5 Å². The van der Waals surface area contributed by atoms with Gasteiger partial charge in [0.05, 0.1) is 13.0 Å². The van der Waals surface area contributed by atoms with Gasteiger partial charge in [0.1, 0.15) is 12.4 Å². The number of esters is 1. The summed E-state index contributed by atoms with van der Waals surface area (Å²) in [5.41, 5.74) is 6.22. The summed E-state index contributed by atoms with van der Waals surface area (Å²) in [5.74, 6) is 0.505. The van der Waals surface area contributed by atoms with Crippen LogP contribution in [-0.2, 0) is 16.0 Å². The summed E-state index contributed by atoms with van der Waals surface area (Å²) in [7, 11) is 0. The minimum Gasteiger partial charge on any atom is -0.492 e. The van der Waals surface area contributed by atoms with Gasteiger partial charge in [0.15, 0.2) is 0 Å². The SMILES string of the molecule is CCOC(=O)Cc1cccc(OCCN)c1. The Kier molecular flexibility index (Phi) is 5.36. The molecule has 0 aliphatic heterocycles. The van der Waals surface area contributed by atoms with E-state index >= 15 is 0 Å². The van der Waals surface area contributed by atoms with Crippen molar-refractivity contribution in [3.8, 4) is 5.75 Å². The van der Waals surface area contributed by atoms with Crippen LogP contribution in [0.5, 0.6) is 5.75 Å². The fraction of sp³-hybridized carbons (Fsp3) is 0.417. The summed E-state index contributed by atoms with van der Waals surface area (Å²) in [4.78, 5) is 11.3. The number of rotatable bonds is 6. The van der Waals surface area contributed by atoms with Crippen molar-refractivity contribution in [2.24, 2.45) is 5.73 Å². The van der Waals surface area contributed by atoms with Gasteiger partial charge in [-0.15, -0.1) is 0 Å². The molecule has 0 radical (unpaired) electrons. The molecular formula is C12H17NO3. The molecule has 0 amide bonds. The highest BCUT2D eigenvalue weighted by atomic mass is 16.5. The molecule has 0 heterocycles. The maximum absolute atomic E-state index is 11.3. The Hall–Kier alpha value is -1.55. The maximum Gasteiger partial charge on any atom is 0.310 e. The highest BCUT2D eigenvalue weighted by Gasteiger charge is 2.04. The normalized spacial score (nSPS) is 9.88. The number of carbonyl (C=O) groups excluding carboxylic acids is 1. The van der Waals surface area contributed by atoms with Crippen molar-refractivity contribution in [2.75, 3.05) is 19.8 Å². The van der Waals surface area contributed by atoms with Crippen LogP contribution in [0.4, 0.5) is 0 Å². The molecule has 4 nitrogen and oxygen atoms in total. The second-order valence-corrected chi connectivity index (χ2v) is 3.27. The highest BCUT2D eigenvalue weighted by molar-refractivity contribution is 5.72. The molecule has 0 bridgehead atoms. The standard InChI is InChI=1S/C12H17NO3/c1-2-15-12(14)9-10-4-3-5-11(8-10)16-7-6-13/h3-5,8H,2,6-7,9,13H2,1H3. The lowest BCUT2D eigenvalue weighted by atomic mass is 10.1. The second kappa shape index (κ2) is 6.85. The summed E-state index contributed by atoms with van der Waals surface area (Å²) >= 11 is 0. The fourth-order valence-electron chi connectivity index (χ4n) is 1.30. The summed E-state index contributed by atoms with van der Waals surface area (Å²) in [5, 5.41) is 0. The van der Waals surface area contributed by atoms with Crippen LogP contribution in [0.3, 0.4) is 0 Å². The van der Waals surface area contributed by atoms with Crippen LogP contribution in [0.15, 0.2) is 24.3 Å². The monoisotopic (exact) mass is 223 g/mol. The predicted octanol–water partition coefficient (Wildman–Crippen LogP) is 1.13. The van der Waals surface area contributed by atoms with E-state index in [9.17, 15) is 4.79 Å². The summed E-state index contributed by atoms with van der Waals surface area (Å²) < 4.78 is 10.2. The van der Waals surface area contributed by atoms with Crippen molar-refractivity contribution in [1.29, 1.82) is 0 Å². The van der Waals surface area contributed by atoms with E-state index in [1.165, 1.54) is 0 Å². The minimum atomic E-state index is -0.224. The quantitative estimate of drug-likeness (QED) is 0.734. The van der Waals surface area contributed by atoms with E-state index in [0.29, 0.717) is 19.8 Å². The Morgan fingerprint density at radius 1 is 1.44 bits per heavy atom. The van der Waals surface area contributed by atoms with Gasteiger partial charge in [-0.25, -0.2) is 0 Å². The molecule has 88 valence electrons. The third-order valence-electron chi connectivity index (χ3n) is 1.94. The van der Waals surface area contributed by atoms with E-state index in [0.717, 1.165) is 11.3 Å². The summed E-state index contributed by atoms with van der Waals surface area (Å²) in [6.45, 7) is 3.14. The lowest BCUT2D eigenvalue weighted by Gasteiger charge is -2.06. The molecule has 2 N–H and O–H groups in total. The molecule has 0 spiro atoms. The predicted molar refractivity (Wildman–Crippen MR) is 61.3 cm³/mol. The van der Waals surface area contributed by atoms with Crippen LogP contribution >= 0.6 is 0 Å². The van der Waals surface area contributed by atoms with Crippen molar-refractivity contribution in [3.63, 3.8) is 0 Å². The third kappa shape index (κ3) is 4.31. The number of carbonyl (C=O) groups is 1. The van der Waals surface area contributed by atoms with Gasteiger partial charge in [0.25, 0.3) is 0 Å². The number of ether oxygens (including phenoxy) is 2. The molecule has 0 saturated heterocycles. The molecule has 0 aromatic heterocycles. The van der Waals surface area contributed by atoms with Crippen LogP contribution in [0.2, 0.25) is 0 Å². The number of hydrogen-bond donors (Lipinski definition) is 1. The average Bonchev–Trinajstić information content (AvgIpc) is 2.27. The van der Waals surface area contributed by atoms with Gasteiger partial charge >= 0.3 is 5.97 Å². The molecule has 1 aromatic rings. The Labute approximate surface area is 95.3 Å². The first-order valence-corrected chi connectivity index (χ1v) is 5.33. The van der Waals surface area contributed by atoms with Crippen molar-refractivity contribution >= 4 is 5.97 Å². The third-order valence-corrected chi connectivity index (χ3v) is 1.94. The first-order chi connectivity index (χ1) is 7.76. The Morgan fingerprint density at radius 3 is 2.94 bits per heavy atom. The van der Waals surface area contributed by atoms with E-state index in [2.05, 4.69) is 0 Å². The number of hydrogen-bond acceptors (Lipinski definition) is 4. The van der Waals surface area contributed by atoms with Crippen LogP contribution in [0.25, 0.3) is 0 Å². The summed E-state index contributed by atoms with van der Waals surface area (Å²) in [6.07, 6.45) is 0.271. The lowest BCUT2D eigenvalue weighted by molar-refractivity contribution is -0.142. The zero-order chi connectivity index (χ0) is 11.8. The fourth-order valence-corrected chi connectivity index (χ4v) is 1.30. The molecule has 0 aliphatic carbocycles. The zero-order valence-electron chi connectivity index (χ0n) is 9.44. The van der Waals surface area contributed by atoms with E-state index < -0.39 is 0 Å². The Bertz CT molecular complexity index is 339. The number of nitrogens with two attached hydrogens (primary N) is 1.